The Bertz CT molecular complexity index is 344. The van der Waals surface area contributed by atoms with Gasteiger partial charge in [-0.25, -0.2) is 12.8 Å². The van der Waals surface area contributed by atoms with Crippen LogP contribution in [0.5, 0.6) is 0 Å². The van der Waals surface area contributed by atoms with E-state index in [0.29, 0.717) is 0 Å². The van der Waals surface area contributed by atoms with Crippen LogP contribution in [0.2, 0.25) is 19.6 Å². The third kappa shape index (κ3) is 13.0. The summed E-state index contributed by atoms with van der Waals surface area (Å²) in [4.78, 5) is 4.87. The van der Waals surface area contributed by atoms with Crippen molar-refractivity contribution in [1.29, 1.82) is 0 Å². The zero-order chi connectivity index (χ0) is 15.6. The number of methoxy groups -OCH3 is 1. The number of hydrogen-bond donors (Lipinski definition) is 0. The van der Waals surface area contributed by atoms with Gasteiger partial charge in [-0.3, -0.25) is 0 Å². The van der Waals surface area contributed by atoms with E-state index < -0.39 is 8.24 Å². The Labute approximate surface area is 161 Å². The molecule has 125 valence electrons. The third-order valence-electron chi connectivity index (χ3n) is 2.66. The summed E-state index contributed by atoms with van der Waals surface area (Å²) in [6.07, 6.45) is 1.99. The molecule has 0 saturated heterocycles. The Hall–Kier alpha value is 0.474. The molecule has 1 rings (SSSR count). The molecule has 0 aliphatic rings. The second-order valence-corrected chi connectivity index (χ2v) is 10.4. The van der Waals surface area contributed by atoms with Gasteiger partial charge < -0.3 is 23.6 Å². The molecule has 0 aliphatic heterocycles. The zero-order valence-electron chi connectivity index (χ0n) is 15.0. The van der Waals surface area contributed by atoms with Gasteiger partial charge in [0.25, 0.3) is 0 Å². The van der Waals surface area contributed by atoms with E-state index in [4.69, 9.17) is 9.72 Å². The summed E-state index contributed by atoms with van der Waals surface area (Å²) < 4.78 is 5.57. The predicted molar refractivity (Wildman–Crippen MR) is 92.3 cm³/mol. The van der Waals surface area contributed by atoms with Crippen LogP contribution < -0.4 is 18.9 Å². The normalized spacial score (nSPS) is 12.9. The van der Waals surface area contributed by atoms with Gasteiger partial charge in [-0.2, -0.15) is 0 Å². The van der Waals surface area contributed by atoms with Crippen LogP contribution in [0.15, 0.2) is 30.3 Å². The number of nitrogens with zero attached hydrogens (tertiary/aromatic N) is 1. The second kappa shape index (κ2) is 15.0. The first-order valence-corrected chi connectivity index (χ1v) is 10.7. The summed E-state index contributed by atoms with van der Waals surface area (Å²) in [5.41, 5.74) is 1.21. The van der Waals surface area contributed by atoms with Crippen molar-refractivity contribution in [3.05, 3.63) is 54.7 Å². The van der Waals surface area contributed by atoms with Crippen LogP contribution in [0.4, 0.5) is 0 Å². The van der Waals surface area contributed by atoms with Gasteiger partial charge in [0.1, 0.15) is 0 Å². The van der Waals surface area contributed by atoms with E-state index in [9.17, 15) is 0 Å². The molecular formula is C17H30CuLiNOSi. The number of ether oxygens (including phenoxy) is 1. The first kappa shape index (κ1) is 27.3. The van der Waals surface area contributed by atoms with Crippen molar-refractivity contribution in [3.63, 3.8) is 0 Å². The minimum absolute atomic E-state index is 0. The molecule has 2 atom stereocenters. The minimum Gasteiger partial charge on any atom is -0.660 e. The van der Waals surface area contributed by atoms with Crippen LogP contribution in [-0.2, 0) is 21.8 Å². The Kier molecular flexibility index (Phi) is 18.7. The number of unbranched alkanes of at least 4 members (excludes halogenated alkanes) is 1. The maximum atomic E-state index is 5.57. The molecule has 0 amide bonds. The molecule has 1 radical (unpaired) electrons. The average Bonchev–Trinajstić information content (AvgIpc) is 2.39. The van der Waals surface area contributed by atoms with Gasteiger partial charge in [0.05, 0.1) is 6.10 Å². The number of hydrogen-bond acceptors (Lipinski definition) is 1. The second-order valence-electron chi connectivity index (χ2n) is 5.81. The summed E-state index contributed by atoms with van der Waals surface area (Å²) in [5.74, 6) is 0. The van der Waals surface area contributed by atoms with Gasteiger partial charge in [0.15, 0.2) is 0 Å². The Balaban J connectivity index is -0.000000538. The monoisotopic (exact) mass is 362 g/mol. The smallest absolute Gasteiger partial charge is 0.660 e. The van der Waals surface area contributed by atoms with Crippen LogP contribution in [0.25, 0.3) is 4.98 Å². The Morgan fingerprint density at radius 3 is 1.86 bits per heavy atom. The van der Waals surface area contributed by atoms with Gasteiger partial charge >= 0.3 is 35.9 Å². The first-order valence-electron chi connectivity index (χ1n) is 7.24. The summed E-state index contributed by atoms with van der Waals surface area (Å²) in [6, 6.07) is 10.5. The molecule has 0 spiro atoms. The van der Waals surface area contributed by atoms with E-state index in [1.807, 2.05) is 18.2 Å². The average molecular weight is 363 g/mol. The summed E-state index contributed by atoms with van der Waals surface area (Å²) in [5, 5.41) is 0. The van der Waals surface area contributed by atoms with Crippen LogP contribution in [0, 0.1) is 13.8 Å². The molecule has 0 fully saturated rings. The van der Waals surface area contributed by atoms with E-state index in [0.717, 1.165) is 12.8 Å². The van der Waals surface area contributed by atoms with Crippen molar-refractivity contribution >= 4 is 8.24 Å². The fraction of sp³-hybridized carbons (Fsp3) is 0.529. The molecule has 0 N–H and O–H groups in total. The van der Waals surface area contributed by atoms with Crippen molar-refractivity contribution < 1.29 is 40.7 Å². The summed E-state index contributed by atoms with van der Waals surface area (Å²) in [6.45, 7) is 16.0. The standard InChI is InChI=1S/C13H22NOSi.C4H8.Cu.Li/c1-11(14-16(3,4)5)13(15-2)12-9-7-6-8-10-12;1-3-4-2;;/h6-11,13H,1-5H3;1-4H2;;/q-1;-2;+2;+1/t11-,13-;;;/m0.../s1. The van der Waals surface area contributed by atoms with Crippen LogP contribution >= 0.6 is 0 Å². The van der Waals surface area contributed by atoms with E-state index in [1.54, 1.807) is 7.11 Å². The van der Waals surface area contributed by atoms with Crippen LogP contribution in [-0.4, -0.2) is 21.4 Å². The molecule has 1 aromatic rings. The molecule has 1 aromatic carbocycles. The van der Waals surface area contributed by atoms with Gasteiger partial charge in [0.2, 0.25) is 0 Å². The zero-order valence-corrected chi connectivity index (χ0v) is 17.0. The topological polar surface area (TPSA) is 23.3 Å². The first-order chi connectivity index (χ1) is 9.35. The molecule has 2 nitrogen and oxygen atoms in total. The fourth-order valence-electron chi connectivity index (χ4n) is 1.93. The van der Waals surface area contributed by atoms with Crippen molar-refractivity contribution in [1.82, 2.24) is 0 Å². The molecule has 0 unspecified atom stereocenters. The summed E-state index contributed by atoms with van der Waals surface area (Å²) in [7, 11) is 0.371. The molecule has 0 saturated carbocycles. The van der Waals surface area contributed by atoms with Gasteiger partial charge in [-0.15, -0.1) is 6.04 Å². The van der Waals surface area contributed by atoms with E-state index >= 15 is 0 Å². The predicted octanol–water partition coefficient (Wildman–Crippen LogP) is 2.41. The Morgan fingerprint density at radius 1 is 1.09 bits per heavy atom. The molecule has 5 heteroatoms. The van der Waals surface area contributed by atoms with Gasteiger partial charge in [-0.05, 0) is 5.56 Å². The largest absolute Gasteiger partial charge is 2.00 e. The summed E-state index contributed by atoms with van der Waals surface area (Å²) >= 11 is 0. The third-order valence-corrected chi connectivity index (χ3v) is 3.84. The molecule has 0 aliphatic carbocycles. The van der Waals surface area contributed by atoms with Crippen molar-refractivity contribution in [2.24, 2.45) is 0 Å². The van der Waals surface area contributed by atoms with Crippen LogP contribution in [0.1, 0.15) is 31.4 Å². The Morgan fingerprint density at radius 2 is 1.55 bits per heavy atom. The molecular weight excluding hydrogens is 333 g/mol. The van der Waals surface area contributed by atoms with Crippen molar-refractivity contribution in [3.8, 4) is 0 Å². The molecule has 0 bridgehead atoms. The molecule has 22 heavy (non-hydrogen) atoms. The van der Waals surface area contributed by atoms with E-state index in [2.05, 4.69) is 52.5 Å². The molecule has 0 aromatic heterocycles. The van der Waals surface area contributed by atoms with E-state index in [-0.39, 0.29) is 48.1 Å². The maximum Gasteiger partial charge on any atom is 2.00 e. The minimum atomic E-state index is -1.39. The molecule has 0 heterocycles. The van der Waals surface area contributed by atoms with E-state index in [1.165, 1.54) is 5.56 Å². The number of rotatable bonds is 6. The maximum absolute atomic E-state index is 5.57. The van der Waals surface area contributed by atoms with Gasteiger partial charge in [-0.1, -0.05) is 65.1 Å². The quantitative estimate of drug-likeness (QED) is 0.563. The number of benzene rings is 1. The SMILES string of the molecule is CO[C@H](c1ccccc1)[C@H](C)[N-][Si](C)(C)C.[CH2-]CC[CH2-].[Cu+2].[Li+]. The van der Waals surface area contributed by atoms with Crippen molar-refractivity contribution in [2.75, 3.05) is 7.11 Å². The van der Waals surface area contributed by atoms with Crippen LogP contribution in [0.3, 0.4) is 0 Å². The van der Waals surface area contributed by atoms with Gasteiger partial charge in [0, 0.05) is 7.11 Å². The fourth-order valence-corrected chi connectivity index (χ4v) is 3.29. The van der Waals surface area contributed by atoms with Crippen molar-refractivity contribution in [2.45, 2.75) is 51.6 Å².